The summed E-state index contributed by atoms with van der Waals surface area (Å²) in [6.07, 6.45) is 0.168. The molecule has 0 spiro atoms. The van der Waals surface area contributed by atoms with Gasteiger partial charge in [-0.05, 0) is 40.0 Å². The highest BCUT2D eigenvalue weighted by atomic mass is 79.9. The van der Waals surface area contributed by atoms with Crippen LogP contribution in [-0.2, 0) is 16.0 Å². The second-order valence-corrected chi connectivity index (χ2v) is 3.69. The first kappa shape index (κ1) is 11.2. The number of ether oxygens (including phenoxy) is 1. The molecule has 2 nitrogen and oxygen atoms in total. The molecule has 0 bridgehead atoms. The van der Waals surface area contributed by atoms with Crippen molar-refractivity contribution in [1.29, 1.82) is 0 Å². The maximum Gasteiger partial charge on any atom is 0.309 e. The molecule has 0 heterocycles. The van der Waals surface area contributed by atoms with Crippen molar-refractivity contribution in [3.63, 3.8) is 0 Å². The molecule has 0 unspecified atom stereocenters. The van der Waals surface area contributed by atoms with Gasteiger partial charge in [-0.3, -0.25) is 4.79 Å². The second kappa shape index (κ2) is 4.55. The van der Waals surface area contributed by atoms with Gasteiger partial charge in [-0.15, -0.1) is 0 Å². The van der Waals surface area contributed by atoms with Gasteiger partial charge in [0, 0.05) is 0 Å². The fourth-order valence-corrected chi connectivity index (χ4v) is 1.50. The number of benzene rings is 1. The highest BCUT2D eigenvalue weighted by molar-refractivity contribution is 9.10. The van der Waals surface area contributed by atoms with E-state index in [1.165, 1.54) is 13.2 Å². The largest absolute Gasteiger partial charge is 0.469 e. The molecule has 0 atom stereocenters. The quantitative estimate of drug-likeness (QED) is 0.765. The van der Waals surface area contributed by atoms with E-state index in [2.05, 4.69) is 20.7 Å². The zero-order valence-corrected chi connectivity index (χ0v) is 9.52. The first-order valence-electron chi connectivity index (χ1n) is 4.06. The molecular formula is C10H10BrFO2. The van der Waals surface area contributed by atoms with Gasteiger partial charge in [-0.1, -0.05) is 6.07 Å². The number of hydrogen-bond donors (Lipinski definition) is 0. The van der Waals surface area contributed by atoms with Crippen molar-refractivity contribution in [2.45, 2.75) is 13.3 Å². The SMILES string of the molecule is COC(=O)Cc1ccc(F)c(Br)c1C. The summed E-state index contributed by atoms with van der Waals surface area (Å²) in [6, 6.07) is 2.92. The summed E-state index contributed by atoms with van der Waals surface area (Å²) in [7, 11) is 1.33. The van der Waals surface area contributed by atoms with E-state index in [1.54, 1.807) is 13.0 Å². The summed E-state index contributed by atoms with van der Waals surface area (Å²) in [5.41, 5.74) is 1.50. The van der Waals surface area contributed by atoms with E-state index in [0.29, 0.717) is 4.47 Å². The van der Waals surface area contributed by atoms with Crippen LogP contribution in [0.25, 0.3) is 0 Å². The standard InChI is InChI=1S/C10H10BrFO2/c1-6-7(5-9(13)14-2)3-4-8(12)10(6)11/h3-4H,5H2,1-2H3. The van der Waals surface area contributed by atoms with Crippen LogP contribution in [0.15, 0.2) is 16.6 Å². The lowest BCUT2D eigenvalue weighted by molar-refractivity contribution is -0.139. The average Bonchev–Trinajstić information content (AvgIpc) is 2.19. The lowest BCUT2D eigenvalue weighted by Gasteiger charge is -2.06. The monoisotopic (exact) mass is 260 g/mol. The number of hydrogen-bond acceptors (Lipinski definition) is 2. The number of carbonyl (C=O) groups is 1. The smallest absolute Gasteiger partial charge is 0.309 e. The van der Waals surface area contributed by atoms with E-state index in [9.17, 15) is 9.18 Å². The van der Waals surface area contributed by atoms with Gasteiger partial charge in [0.2, 0.25) is 0 Å². The molecule has 1 rings (SSSR count). The molecule has 0 aliphatic heterocycles. The average molecular weight is 261 g/mol. The summed E-state index contributed by atoms with van der Waals surface area (Å²) in [4.78, 5) is 11.0. The van der Waals surface area contributed by atoms with Crippen LogP contribution < -0.4 is 0 Å². The molecular weight excluding hydrogens is 251 g/mol. The van der Waals surface area contributed by atoms with Gasteiger partial charge in [0.15, 0.2) is 0 Å². The lowest BCUT2D eigenvalue weighted by Crippen LogP contribution is -2.06. The van der Waals surface area contributed by atoms with E-state index in [4.69, 9.17) is 0 Å². The summed E-state index contributed by atoms with van der Waals surface area (Å²) < 4.78 is 17.9. The van der Waals surface area contributed by atoms with Crippen LogP contribution in [0.3, 0.4) is 0 Å². The minimum atomic E-state index is -0.327. The number of rotatable bonds is 2. The third-order valence-electron chi connectivity index (χ3n) is 2.01. The molecule has 0 aliphatic rings. The minimum Gasteiger partial charge on any atom is -0.469 e. The molecule has 0 saturated heterocycles. The molecule has 14 heavy (non-hydrogen) atoms. The van der Waals surface area contributed by atoms with Gasteiger partial charge in [0.05, 0.1) is 18.0 Å². The fraction of sp³-hybridized carbons (Fsp3) is 0.300. The highest BCUT2D eigenvalue weighted by Gasteiger charge is 2.10. The van der Waals surface area contributed by atoms with Crippen molar-refractivity contribution >= 4 is 21.9 Å². The molecule has 0 saturated carbocycles. The van der Waals surface area contributed by atoms with Crippen LogP contribution in [0.1, 0.15) is 11.1 Å². The molecule has 0 radical (unpaired) electrons. The second-order valence-electron chi connectivity index (χ2n) is 2.90. The highest BCUT2D eigenvalue weighted by Crippen LogP contribution is 2.23. The van der Waals surface area contributed by atoms with E-state index in [0.717, 1.165) is 11.1 Å². The Kier molecular flexibility index (Phi) is 3.63. The number of halogens is 2. The van der Waals surface area contributed by atoms with Crippen molar-refractivity contribution in [2.75, 3.05) is 7.11 Å². The Morgan fingerprint density at radius 1 is 1.57 bits per heavy atom. The van der Waals surface area contributed by atoms with E-state index in [1.807, 2.05) is 0 Å². The Labute approximate surface area is 90.2 Å². The molecule has 1 aromatic rings. The minimum absolute atomic E-state index is 0.168. The predicted molar refractivity (Wildman–Crippen MR) is 54.6 cm³/mol. The summed E-state index contributed by atoms with van der Waals surface area (Å²) in [5, 5.41) is 0. The van der Waals surface area contributed by atoms with E-state index < -0.39 is 0 Å². The molecule has 0 fully saturated rings. The first-order valence-corrected chi connectivity index (χ1v) is 4.86. The molecule has 4 heteroatoms. The first-order chi connectivity index (χ1) is 6.56. The van der Waals surface area contributed by atoms with Gasteiger partial charge in [-0.2, -0.15) is 0 Å². The molecule has 0 aliphatic carbocycles. The maximum absolute atomic E-state index is 13.0. The third-order valence-corrected chi connectivity index (χ3v) is 2.99. The van der Waals surface area contributed by atoms with Crippen LogP contribution in [-0.4, -0.2) is 13.1 Å². The van der Waals surface area contributed by atoms with E-state index >= 15 is 0 Å². The van der Waals surface area contributed by atoms with E-state index in [-0.39, 0.29) is 18.2 Å². The van der Waals surface area contributed by atoms with Crippen LogP contribution in [0, 0.1) is 12.7 Å². The molecule has 0 amide bonds. The van der Waals surface area contributed by atoms with Crippen LogP contribution in [0.4, 0.5) is 4.39 Å². The summed E-state index contributed by atoms with van der Waals surface area (Å²) in [6.45, 7) is 1.76. The Balaban J connectivity index is 3.00. The topological polar surface area (TPSA) is 26.3 Å². The molecule has 76 valence electrons. The van der Waals surface area contributed by atoms with Gasteiger partial charge in [0.25, 0.3) is 0 Å². The lowest BCUT2D eigenvalue weighted by atomic mass is 10.1. The molecule has 0 aromatic heterocycles. The van der Waals surface area contributed by atoms with Gasteiger partial charge >= 0.3 is 5.97 Å². The number of esters is 1. The van der Waals surface area contributed by atoms with Crippen LogP contribution in [0.5, 0.6) is 0 Å². The Bertz CT molecular complexity index is 363. The van der Waals surface area contributed by atoms with Gasteiger partial charge in [-0.25, -0.2) is 4.39 Å². The molecule has 1 aromatic carbocycles. The van der Waals surface area contributed by atoms with Crippen molar-refractivity contribution in [2.24, 2.45) is 0 Å². The van der Waals surface area contributed by atoms with Gasteiger partial charge < -0.3 is 4.74 Å². The zero-order valence-electron chi connectivity index (χ0n) is 7.93. The fourth-order valence-electron chi connectivity index (χ4n) is 1.11. The number of carbonyl (C=O) groups excluding carboxylic acids is 1. The van der Waals surface area contributed by atoms with Crippen LogP contribution >= 0.6 is 15.9 Å². The maximum atomic E-state index is 13.0. The van der Waals surface area contributed by atoms with Gasteiger partial charge in [0.1, 0.15) is 5.82 Å². The normalized spacial score (nSPS) is 10.0. The summed E-state index contributed by atoms with van der Waals surface area (Å²) in [5.74, 6) is -0.650. The van der Waals surface area contributed by atoms with Crippen molar-refractivity contribution < 1.29 is 13.9 Å². The third kappa shape index (κ3) is 2.32. The predicted octanol–water partition coefficient (Wildman–Crippen LogP) is 2.61. The zero-order chi connectivity index (χ0) is 10.7. The Hall–Kier alpha value is -0.900. The van der Waals surface area contributed by atoms with Crippen molar-refractivity contribution in [3.05, 3.63) is 33.5 Å². The van der Waals surface area contributed by atoms with Crippen molar-refractivity contribution in [1.82, 2.24) is 0 Å². The Morgan fingerprint density at radius 2 is 2.21 bits per heavy atom. The number of methoxy groups -OCH3 is 1. The van der Waals surface area contributed by atoms with Crippen molar-refractivity contribution in [3.8, 4) is 0 Å². The Morgan fingerprint density at radius 3 is 2.79 bits per heavy atom. The summed E-state index contributed by atoms with van der Waals surface area (Å²) >= 11 is 3.11. The molecule has 0 N–H and O–H groups in total. The van der Waals surface area contributed by atoms with Crippen LogP contribution in [0.2, 0.25) is 0 Å².